The monoisotopic (exact) mass is 271 g/mol. The van der Waals surface area contributed by atoms with Crippen molar-refractivity contribution in [1.82, 2.24) is 4.90 Å². The zero-order chi connectivity index (χ0) is 11.1. The predicted octanol–water partition coefficient (Wildman–Crippen LogP) is 2.65. The van der Waals surface area contributed by atoms with Crippen molar-refractivity contribution in [3.05, 3.63) is 34.3 Å². The number of benzene rings is 1. The first-order valence-electron chi connectivity index (χ1n) is 5.26. The molecule has 0 unspecified atom stereocenters. The molecule has 2 nitrogen and oxygen atoms in total. The van der Waals surface area contributed by atoms with Crippen molar-refractivity contribution in [2.45, 2.75) is 19.4 Å². The molecule has 0 spiro atoms. The maximum absolute atomic E-state index is 8.68. The summed E-state index contributed by atoms with van der Waals surface area (Å²) in [5.41, 5.74) is 1.32. The number of aliphatic hydroxyl groups is 1. The normalized spacial score (nSPS) is 10.9. The first-order chi connectivity index (χ1) is 7.22. The van der Waals surface area contributed by atoms with Crippen LogP contribution in [0, 0.1) is 0 Å². The van der Waals surface area contributed by atoms with Crippen molar-refractivity contribution >= 4 is 15.9 Å². The highest BCUT2D eigenvalue weighted by molar-refractivity contribution is 9.10. The number of hydrogen-bond acceptors (Lipinski definition) is 2. The van der Waals surface area contributed by atoms with Gasteiger partial charge in [0, 0.05) is 17.6 Å². The molecule has 0 aliphatic rings. The van der Waals surface area contributed by atoms with Gasteiger partial charge in [0.15, 0.2) is 0 Å². The van der Waals surface area contributed by atoms with E-state index < -0.39 is 0 Å². The van der Waals surface area contributed by atoms with Gasteiger partial charge in [-0.05, 0) is 44.1 Å². The van der Waals surface area contributed by atoms with Gasteiger partial charge < -0.3 is 10.0 Å². The fourth-order valence-corrected chi connectivity index (χ4v) is 1.97. The van der Waals surface area contributed by atoms with Crippen molar-refractivity contribution in [3.63, 3.8) is 0 Å². The van der Waals surface area contributed by atoms with Crippen LogP contribution in [0.15, 0.2) is 28.7 Å². The van der Waals surface area contributed by atoms with Crippen LogP contribution in [-0.2, 0) is 6.54 Å². The van der Waals surface area contributed by atoms with Crippen LogP contribution in [0.3, 0.4) is 0 Å². The number of hydrogen-bond donors (Lipinski definition) is 1. The largest absolute Gasteiger partial charge is 0.396 e. The van der Waals surface area contributed by atoms with Gasteiger partial charge in [0.1, 0.15) is 0 Å². The van der Waals surface area contributed by atoms with Gasteiger partial charge in [0.25, 0.3) is 0 Å². The number of halogens is 1. The van der Waals surface area contributed by atoms with Crippen LogP contribution >= 0.6 is 15.9 Å². The van der Waals surface area contributed by atoms with E-state index in [1.807, 2.05) is 6.07 Å². The molecule has 15 heavy (non-hydrogen) atoms. The number of aliphatic hydroxyl groups excluding tert-OH is 1. The molecule has 1 rings (SSSR count). The summed E-state index contributed by atoms with van der Waals surface area (Å²) < 4.78 is 1.13. The van der Waals surface area contributed by atoms with Crippen LogP contribution in [0.5, 0.6) is 0 Å². The molecule has 0 aliphatic heterocycles. The molecule has 1 aromatic rings. The molecule has 0 atom stereocenters. The van der Waals surface area contributed by atoms with Gasteiger partial charge in [-0.3, -0.25) is 0 Å². The lowest BCUT2D eigenvalue weighted by molar-refractivity contribution is 0.261. The minimum Gasteiger partial charge on any atom is -0.396 e. The van der Waals surface area contributed by atoms with Crippen LogP contribution in [0.4, 0.5) is 0 Å². The van der Waals surface area contributed by atoms with Gasteiger partial charge in [0.05, 0.1) is 0 Å². The molecule has 1 N–H and O–H groups in total. The Kier molecular flexibility index (Phi) is 5.91. The summed E-state index contributed by atoms with van der Waals surface area (Å²) in [5.74, 6) is 0. The van der Waals surface area contributed by atoms with Crippen LogP contribution in [0.2, 0.25) is 0 Å². The Morgan fingerprint density at radius 1 is 1.33 bits per heavy atom. The Morgan fingerprint density at radius 2 is 2.13 bits per heavy atom. The molecule has 0 amide bonds. The molecule has 3 heteroatoms. The van der Waals surface area contributed by atoms with Gasteiger partial charge in [-0.25, -0.2) is 0 Å². The zero-order valence-corrected chi connectivity index (χ0v) is 10.7. The molecule has 0 fully saturated rings. The molecule has 0 aliphatic carbocycles. The van der Waals surface area contributed by atoms with E-state index in [-0.39, 0.29) is 0 Å². The number of rotatable bonds is 6. The standard InChI is InChI=1S/C12H18BrNO/c1-14(7-2-3-8-15)10-11-5-4-6-12(13)9-11/h4-6,9,15H,2-3,7-8,10H2,1H3. The van der Waals surface area contributed by atoms with E-state index in [4.69, 9.17) is 5.11 Å². The molecular weight excluding hydrogens is 254 g/mol. The maximum atomic E-state index is 8.68. The second-order valence-electron chi connectivity index (χ2n) is 3.80. The SMILES string of the molecule is CN(CCCCO)Cc1cccc(Br)c1. The predicted molar refractivity (Wildman–Crippen MR) is 66.8 cm³/mol. The van der Waals surface area contributed by atoms with Gasteiger partial charge in [-0.2, -0.15) is 0 Å². The summed E-state index contributed by atoms with van der Waals surface area (Å²) in [7, 11) is 2.11. The van der Waals surface area contributed by atoms with Crippen LogP contribution < -0.4 is 0 Å². The summed E-state index contributed by atoms with van der Waals surface area (Å²) in [5, 5.41) is 8.68. The topological polar surface area (TPSA) is 23.5 Å². The third-order valence-electron chi connectivity index (χ3n) is 2.29. The molecule has 0 bridgehead atoms. The van der Waals surface area contributed by atoms with Crippen molar-refractivity contribution in [2.24, 2.45) is 0 Å². The lowest BCUT2D eigenvalue weighted by atomic mass is 10.2. The second-order valence-corrected chi connectivity index (χ2v) is 4.71. The van der Waals surface area contributed by atoms with Crippen LogP contribution in [-0.4, -0.2) is 30.2 Å². The first-order valence-corrected chi connectivity index (χ1v) is 6.05. The van der Waals surface area contributed by atoms with E-state index in [1.165, 1.54) is 5.56 Å². The summed E-state index contributed by atoms with van der Waals surface area (Å²) in [6.07, 6.45) is 1.95. The van der Waals surface area contributed by atoms with Gasteiger partial charge in [0.2, 0.25) is 0 Å². The molecule has 0 saturated heterocycles. The fraction of sp³-hybridized carbons (Fsp3) is 0.500. The van der Waals surface area contributed by atoms with Gasteiger partial charge >= 0.3 is 0 Å². The molecule has 0 heterocycles. The van der Waals surface area contributed by atoms with Crippen molar-refractivity contribution < 1.29 is 5.11 Å². The average Bonchev–Trinajstić information content (AvgIpc) is 2.18. The van der Waals surface area contributed by atoms with Gasteiger partial charge in [-0.15, -0.1) is 0 Å². The van der Waals surface area contributed by atoms with E-state index in [2.05, 4.69) is 46.1 Å². The average molecular weight is 272 g/mol. The van der Waals surface area contributed by atoms with Crippen molar-refractivity contribution in [2.75, 3.05) is 20.2 Å². The van der Waals surface area contributed by atoms with E-state index in [1.54, 1.807) is 0 Å². The molecule has 1 aromatic carbocycles. The highest BCUT2D eigenvalue weighted by Gasteiger charge is 2.00. The maximum Gasteiger partial charge on any atom is 0.0431 e. The van der Waals surface area contributed by atoms with Crippen LogP contribution in [0.25, 0.3) is 0 Å². The summed E-state index contributed by atoms with van der Waals surface area (Å²) in [6.45, 7) is 2.29. The van der Waals surface area contributed by atoms with E-state index in [0.29, 0.717) is 6.61 Å². The first kappa shape index (κ1) is 12.7. The third kappa shape index (κ3) is 5.30. The molecule has 0 radical (unpaired) electrons. The van der Waals surface area contributed by atoms with E-state index in [9.17, 15) is 0 Å². The summed E-state index contributed by atoms with van der Waals surface area (Å²) in [4.78, 5) is 2.28. The molecule has 84 valence electrons. The highest BCUT2D eigenvalue weighted by Crippen LogP contribution is 2.13. The summed E-state index contributed by atoms with van der Waals surface area (Å²) >= 11 is 3.46. The number of unbranched alkanes of at least 4 members (excludes halogenated alkanes) is 1. The van der Waals surface area contributed by atoms with Crippen LogP contribution in [0.1, 0.15) is 18.4 Å². The minimum atomic E-state index is 0.296. The van der Waals surface area contributed by atoms with Gasteiger partial charge in [-0.1, -0.05) is 28.1 Å². The molecule has 0 aromatic heterocycles. The quantitative estimate of drug-likeness (QED) is 0.805. The highest BCUT2D eigenvalue weighted by atomic mass is 79.9. The minimum absolute atomic E-state index is 0.296. The molecule has 0 saturated carbocycles. The Morgan fingerprint density at radius 3 is 2.80 bits per heavy atom. The Balaban J connectivity index is 2.34. The lowest BCUT2D eigenvalue weighted by Crippen LogP contribution is -2.19. The van der Waals surface area contributed by atoms with Crippen molar-refractivity contribution in [1.29, 1.82) is 0 Å². The lowest BCUT2D eigenvalue weighted by Gasteiger charge is -2.16. The van der Waals surface area contributed by atoms with Crippen molar-refractivity contribution in [3.8, 4) is 0 Å². The zero-order valence-electron chi connectivity index (χ0n) is 9.12. The fourth-order valence-electron chi connectivity index (χ4n) is 1.52. The smallest absolute Gasteiger partial charge is 0.0431 e. The summed E-state index contributed by atoms with van der Waals surface area (Å²) in [6, 6.07) is 8.37. The molecular formula is C12H18BrNO. The Hall–Kier alpha value is -0.380. The Labute approximate surface area is 100 Å². The Bertz CT molecular complexity index is 291. The second kappa shape index (κ2) is 6.99. The van der Waals surface area contributed by atoms with E-state index in [0.717, 1.165) is 30.4 Å². The third-order valence-corrected chi connectivity index (χ3v) is 2.78. The number of nitrogens with zero attached hydrogens (tertiary/aromatic N) is 1. The van der Waals surface area contributed by atoms with E-state index >= 15 is 0 Å².